The highest BCUT2D eigenvalue weighted by Gasteiger charge is 2.20. The molecule has 0 aliphatic carbocycles. The molecule has 1 atom stereocenters. The first-order valence-corrected chi connectivity index (χ1v) is 6.48. The van der Waals surface area contributed by atoms with E-state index in [4.69, 9.17) is 0 Å². The summed E-state index contributed by atoms with van der Waals surface area (Å²) in [6.45, 7) is 4.16. The van der Waals surface area contributed by atoms with Crippen LogP contribution in [0.5, 0.6) is 0 Å². The van der Waals surface area contributed by atoms with Gasteiger partial charge in [0, 0.05) is 18.7 Å². The molecule has 3 amide bonds. The topological polar surface area (TPSA) is 61.4 Å². The van der Waals surface area contributed by atoms with Crippen molar-refractivity contribution in [1.29, 1.82) is 0 Å². The molecular weight excluding hydrogens is 261 g/mol. The van der Waals surface area contributed by atoms with Gasteiger partial charge in [-0.1, -0.05) is 18.2 Å². The van der Waals surface area contributed by atoms with Gasteiger partial charge in [0.25, 0.3) is 0 Å². The number of carbonyl (C=O) groups is 2. The third-order valence-corrected chi connectivity index (χ3v) is 2.99. The fourth-order valence-electron chi connectivity index (χ4n) is 1.65. The van der Waals surface area contributed by atoms with Crippen LogP contribution < -0.4 is 10.6 Å². The zero-order valence-electron chi connectivity index (χ0n) is 11.9. The molecule has 110 valence electrons. The monoisotopic (exact) mass is 281 g/mol. The van der Waals surface area contributed by atoms with Crippen LogP contribution in [0.4, 0.5) is 9.18 Å². The summed E-state index contributed by atoms with van der Waals surface area (Å²) in [6.07, 6.45) is 0. The number of amides is 3. The zero-order chi connectivity index (χ0) is 15.1. The average Bonchev–Trinajstić information content (AvgIpc) is 2.40. The average molecular weight is 281 g/mol. The van der Waals surface area contributed by atoms with Crippen LogP contribution in [0, 0.1) is 5.82 Å². The van der Waals surface area contributed by atoms with Crippen LogP contribution >= 0.6 is 0 Å². The number of urea groups is 1. The second-order valence-corrected chi connectivity index (χ2v) is 4.53. The Balaban J connectivity index is 2.58. The lowest BCUT2D eigenvalue weighted by atomic mass is 10.1. The van der Waals surface area contributed by atoms with Gasteiger partial charge in [0.1, 0.15) is 5.82 Å². The van der Waals surface area contributed by atoms with Crippen molar-refractivity contribution in [3.8, 4) is 0 Å². The van der Waals surface area contributed by atoms with E-state index in [0.29, 0.717) is 12.1 Å². The van der Waals surface area contributed by atoms with E-state index in [0.717, 1.165) is 0 Å². The molecule has 0 fully saturated rings. The van der Waals surface area contributed by atoms with Gasteiger partial charge in [-0.25, -0.2) is 9.18 Å². The van der Waals surface area contributed by atoms with Crippen LogP contribution in [0.3, 0.4) is 0 Å². The maximum atomic E-state index is 13.5. The minimum absolute atomic E-state index is 0.288. The van der Waals surface area contributed by atoms with Crippen LogP contribution in [-0.4, -0.2) is 36.5 Å². The predicted octanol–water partition coefficient (Wildman–Crippen LogP) is 1.49. The smallest absolute Gasteiger partial charge is 0.321 e. The molecule has 0 aliphatic rings. The van der Waals surface area contributed by atoms with Crippen molar-refractivity contribution in [2.45, 2.75) is 26.4 Å². The molecule has 20 heavy (non-hydrogen) atoms. The van der Waals surface area contributed by atoms with E-state index in [2.05, 4.69) is 10.6 Å². The first-order valence-electron chi connectivity index (χ1n) is 6.48. The molecule has 6 heteroatoms. The van der Waals surface area contributed by atoms with Crippen molar-refractivity contribution in [2.75, 3.05) is 13.6 Å². The molecule has 0 saturated heterocycles. The van der Waals surface area contributed by atoms with Gasteiger partial charge in [-0.3, -0.25) is 15.0 Å². The quantitative estimate of drug-likeness (QED) is 0.859. The van der Waals surface area contributed by atoms with Gasteiger partial charge in [0.05, 0.1) is 6.04 Å². The van der Waals surface area contributed by atoms with Crippen molar-refractivity contribution in [1.82, 2.24) is 15.5 Å². The first kappa shape index (κ1) is 16.1. The third kappa shape index (κ3) is 4.62. The van der Waals surface area contributed by atoms with Gasteiger partial charge in [-0.15, -0.1) is 0 Å². The van der Waals surface area contributed by atoms with E-state index in [1.807, 2.05) is 0 Å². The minimum atomic E-state index is -0.544. The summed E-state index contributed by atoms with van der Waals surface area (Å²) in [5, 5.41) is 4.72. The highest BCUT2D eigenvalue weighted by molar-refractivity contribution is 5.96. The molecule has 0 spiro atoms. The van der Waals surface area contributed by atoms with Crippen LogP contribution in [0.15, 0.2) is 24.3 Å². The molecule has 0 heterocycles. The summed E-state index contributed by atoms with van der Waals surface area (Å²) in [4.78, 5) is 24.8. The zero-order valence-corrected chi connectivity index (χ0v) is 11.9. The van der Waals surface area contributed by atoms with E-state index in [1.165, 1.54) is 6.07 Å². The Bertz CT molecular complexity index is 479. The van der Waals surface area contributed by atoms with E-state index < -0.39 is 18.0 Å². The van der Waals surface area contributed by atoms with E-state index >= 15 is 0 Å². The number of nitrogens with zero attached hydrogens (tertiary/aromatic N) is 1. The normalized spacial score (nSPS) is 12.1. The van der Waals surface area contributed by atoms with Crippen molar-refractivity contribution in [3.63, 3.8) is 0 Å². The Morgan fingerprint density at radius 2 is 2.00 bits per heavy atom. The van der Waals surface area contributed by atoms with Crippen molar-refractivity contribution >= 4 is 11.9 Å². The number of imide groups is 1. The molecule has 1 aromatic carbocycles. The SMILES string of the molecule is CCNC(=O)NC(=O)C(C)N(C)Cc1ccccc1F. The Kier molecular flexibility index (Phi) is 6.11. The van der Waals surface area contributed by atoms with E-state index in [1.54, 1.807) is 44.0 Å². The number of nitrogens with one attached hydrogen (secondary N) is 2. The van der Waals surface area contributed by atoms with Gasteiger partial charge >= 0.3 is 6.03 Å². The standard InChI is InChI=1S/C14H20FN3O2/c1-4-16-14(20)17-13(19)10(2)18(3)9-11-7-5-6-8-12(11)15/h5-8,10H,4,9H2,1-3H3,(H2,16,17,19,20). The van der Waals surface area contributed by atoms with Crippen molar-refractivity contribution < 1.29 is 14.0 Å². The molecule has 0 saturated carbocycles. The Labute approximate surface area is 118 Å². The van der Waals surface area contributed by atoms with Gasteiger partial charge in [-0.05, 0) is 27.0 Å². The summed E-state index contributed by atoms with van der Waals surface area (Å²) in [7, 11) is 1.70. The van der Waals surface area contributed by atoms with Gasteiger partial charge < -0.3 is 5.32 Å². The predicted molar refractivity (Wildman–Crippen MR) is 74.5 cm³/mol. The van der Waals surface area contributed by atoms with Crippen LogP contribution in [-0.2, 0) is 11.3 Å². The van der Waals surface area contributed by atoms with Crippen LogP contribution in [0.2, 0.25) is 0 Å². The molecule has 1 unspecified atom stereocenters. The number of benzene rings is 1. The molecule has 2 N–H and O–H groups in total. The Hall–Kier alpha value is -1.95. The fraction of sp³-hybridized carbons (Fsp3) is 0.429. The summed E-state index contributed by atoms with van der Waals surface area (Å²) < 4.78 is 13.5. The van der Waals surface area contributed by atoms with Gasteiger partial charge in [0.2, 0.25) is 5.91 Å². The molecule has 0 aliphatic heterocycles. The molecule has 0 bridgehead atoms. The lowest BCUT2D eigenvalue weighted by Gasteiger charge is -2.23. The van der Waals surface area contributed by atoms with Crippen molar-refractivity contribution in [2.24, 2.45) is 0 Å². The van der Waals surface area contributed by atoms with Gasteiger partial charge in [-0.2, -0.15) is 0 Å². The minimum Gasteiger partial charge on any atom is -0.338 e. The summed E-state index contributed by atoms with van der Waals surface area (Å²) >= 11 is 0. The molecule has 1 aromatic rings. The third-order valence-electron chi connectivity index (χ3n) is 2.99. The van der Waals surface area contributed by atoms with E-state index in [9.17, 15) is 14.0 Å². The molecule has 5 nitrogen and oxygen atoms in total. The maximum absolute atomic E-state index is 13.5. The van der Waals surface area contributed by atoms with Gasteiger partial charge in [0.15, 0.2) is 0 Å². The fourth-order valence-corrected chi connectivity index (χ4v) is 1.65. The number of likely N-dealkylation sites (N-methyl/N-ethyl adjacent to an activating group) is 1. The first-order chi connectivity index (χ1) is 9.45. The van der Waals surface area contributed by atoms with Crippen molar-refractivity contribution in [3.05, 3.63) is 35.6 Å². The summed E-state index contributed by atoms with van der Waals surface area (Å²) in [6, 6.07) is 5.33. The highest BCUT2D eigenvalue weighted by Crippen LogP contribution is 2.10. The number of hydrogen-bond donors (Lipinski definition) is 2. The Morgan fingerprint density at radius 1 is 1.35 bits per heavy atom. The highest BCUT2D eigenvalue weighted by atomic mass is 19.1. The summed E-state index contributed by atoms with van der Waals surface area (Å²) in [5.41, 5.74) is 0.507. The number of rotatable bonds is 5. The lowest BCUT2D eigenvalue weighted by molar-refractivity contribution is -0.124. The molecular formula is C14H20FN3O2. The van der Waals surface area contributed by atoms with Crippen LogP contribution in [0.25, 0.3) is 0 Å². The molecule has 1 rings (SSSR count). The van der Waals surface area contributed by atoms with Crippen LogP contribution in [0.1, 0.15) is 19.4 Å². The number of hydrogen-bond acceptors (Lipinski definition) is 3. The number of halogens is 1. The Morgan fingerprint density at radius 3 is 2.60 bits per heavy atom. The second-order valence-electron chi connectivity index (χ2n) is 4.53. The summed E-state index contributed by atoms with van der Waals surface area (Å²) in [5.74, 6) is -0.731. The largest absolute Gasteiger partial charge is 0.338 e. The molecule has 0 radical (unpaired) electrons. The lowest BCUT2D eigenvalue weighted by Crippen LogP contribution is -2.48. The molecule has 0 aromatic heterocycles. The number of carbonyl (C=O) groups excluding carboxylic acids is 2. The second kappa shape index (κ2) is 7.59. The maximum Gasteiger partial charge on any atom is 0.321 e. The van der Waals surface area contributed by atoms with E-state index in [-0.39, 0.29) is 12.4 Å².